The van der Waals surface area contributed by atoms with Crippen LogP contribution in [0.1, 0.15) is 66.2 Å². The summed E-state index contributed by atoms with van der Waals surface area (Å²) in [6.07, 6.45) is 6.47. The van der Waals surface area contributed by atoms with Gasteiger partial charge in [0.05, 0.1) is 5.41 Å². The topological polar surface area (TPSA) is 55.1 Å². The van der Waals surface area contributed by atoms with Crippen molar-refractivity contribution in [1.82, 2.24) is 5.32 Å². The van der Waals surface area contributed by atoms with Crippen molar-refractivity contribution in [3.8, 4) is 0 Å². The van der Waals surface area contributed by atoms with Crippen LogP contribution in [0.4, 0.5) is 0 Å². The maximum absolute atomic E-state index is 12.5. The summed E-state index contributed by atoms with van der Waals surface area (Å²) >= 11 is 0. The lowest BCUT2D eigenvalue weighted by Gasteiger charge is -2.35. The summed E-state index contributed by atoms with van der Waals surface area (Å²) in [6.45, 7) is 9.15. The summed E-state index contributed by atoms with van der Waals surface area (Å²) in [4.78, 5) is 12.5. The first kappa shape index (κ1) is 16.5. The molecular formula is C16H32N2O. The Morgan fingerprint density at radius 3 is 2.42 bits per heavy atom. The lowest BCUT2D eigenvalue weighted by atomic mass is 9.77. The standard InChI is InChI=1S/C16H32N2O/c1-5-16(6-2,11-17)15(19)18-14-9-7-8-13(10-14)12(3)4/h12-14H,5-11,17H2,1-4H3,(H,18,19). The maximum Gasteiger partial charge on any atom is 0.227 e. The average molecular weight is 268 g/mol. The van der Waals surface area contributed by atoms with Gasteiger partial charge in [0.25, 0.3) is 0 Å². The number of hydrogen-bond acceptors (Lipinski definition) is 2. The van der Waals surface area contributed by atoms with Gasteiger partial charge in [-0.1, -0.05) is 40.5 Å². The first-order valence-corrected chi connectivity index (χ1v) is 8.00. The second-order valence-corrected chi connectivity index (χ2v) is 6.53. The molecule has 0 aliphatic heterocycles. The molecule has 1 fully saturated rings. The van der Waals surface area contributed by atoms with E-state index >= 15 is 0 Å². The molecule has 1 aliphatic carbocycles. The summed E-state index contributed by atoms with van der Waals surface area (Å²) in [5, 5.41) is 3.28. The molecule has 3 heteroatoms. The first-order chi connectivity index (χ1) is 8.99. The van der Waals surface area contributed by atoms with Crippen LogP contribution >= 0.6 is 0 Å². The van der Waals surface area contributed by atoms with Crippen LogP contribution in [0, 0.1) is 17.3 Å². The van der Waals surface area contributed by atoms with Crippen LogP contribution in [-0.2, 0) is 4.79 Å². The number of rotatable bonds is 6. The Balaban J connectivity index is 2.60. The molecule has 19 heavy (non-hydrogen) atoms. The zero-order valence-corrected chi connectivity index (χ0v) is 13.2. The van der Waals surface area contributed by atoms with Crippen molar-refractivity contribution in [2.45, 2.75) is 72.3 Å². The van der Waals surface area contributed by atoms with E-state index in [1.807, 2.05) is 0 Å². The highest BCUT2D eigenvalue weighted by Crippen LogP contribution is 2.31. The number of nitrogens with two attached hydrogens (primary N) is 1. The fourth-order valence-electron chi connectivity index (χ4n) is 3.26. The Hall–Kier alpha value is -0.570. The number of amides is 1. The number of carbonyl (C=O) groups is 1. The van der Waals surface area contributed by atoms with E-state index in [0.29, 0.717) is 12.6 Å². The molecule has 0 heterocycles. The third-order valence-corrected chi connectivity index (χ3v) is 5.22. The molecule has 0 spiro atoms. The van der Waals surface area contributed by atoms with Crippen molar-refractivity contribution in [1.29, 1.82) is 0 Å². The van der Waals surface area contributed by atoms with Gasteiger partial charge in [-0.15, -0.1) is 0 Å². The van der Waals surface area contributed by atoms with Crippen LogP contribution < -0.4 is 11.1 Å². The van der Waals surface area contributed by atoms with Crippen LogP contribution in [0.2, 0.25) is 0 Å². The Kier molecular flexibility index (Phi) is 6.31. The molecular weight excluding hydrogens is 236 g/mol. The lowest BCUT2D eigenvalue weighted by molar-refractivity contribution is -0.132. The van der Waals surface area contributed by atoms with Crippen LogP contribution in [-0.4, -0.2) is 18.5 Å². The van der Waals surface area contributed by atoms with Gasteiger partial charge in [0.1, 0.15) is 0 Å². The maximum atomic E-state index is 12.5. The van der Waals surface area contributed by atoms with E-state index in [2.05, 4.69) is 33.0 Å². The zero-order chi connectivity index (χ0) is 14.5. The molecule has 1 aliphatic rings. The molecule has 0 aromatic rings. The van der Waals surface area contributed by atoms with Crippen molar-refractivity contribution in [3.63, 3.8) is 0 Å². The minimum absolute atomic E-state index is 0.175. The molecule has 0 aromatic carbocycles. The predicted molar refractivity (Wildman–Crippen MR) is 80.8 cm³/mol. The van der Waals surface area contributed by atoms with Gasteiger partial charge in [-0.3, -0.25) is 4.79 Å². The molecule has 0 radical (unpaired) electrons. The second kappa shape index (κ2) is 7.28. The van der Waals surface area contributed by atoms with E-state index in [-0.39, 0.29) is 11.3 Å². The third-order valence-electron chi connectivity index (χ3n) is 5.22. The Bertz CT molecular complexity index is 276. The quantitative estimate of drug-likeness (QED) is 0.778. The molecule has 1 amide bonds. The molecule has 112 valence electrons. The van der Waals surface area contributed by atoms with Crippen LogP contribution in [0.15, 0.2) is 0 Å². The minimum atomic E-state index is -0.356. The van der Waals surface area contributed by atoms with E-state index in [0.717, 1.165) is 37.5 Å². The van der Waals surface area contributed by atoms with Gasteiger partial charge < -0.3 is 11.1 Å². The van der Waals surface area contributed by atoms with Gasteiger partial charge in [0, 0.05) is 12.6 Å². The average Bonchev–Trinajstić information content (AvgIpc) is 2.41. The molecule has 2 atom stereocenters. The smallest absolute Gasteiger partial charge is 0.227 e. The van der Waals surface area contributed by atoms with E-state index < -0.39 is 0 Å². The van der Waals surface area contributed by atoms with E-state index in [4.69, 9.17) is 5.73 Å². The molecule has 0 bridgehead atoms. The Morgan fingerprint density at radius 2 is 1.95 bits per heavy atom. The van der Waals surface area contributed by atoms with Crippen molar-refractivity contribution in [2.75, 3.05) is 6.54 Å². The summed E-state index contributed by atoms with van der Waals surface area (Å²) in [5.41, 5.74) is 5.49. The fourth-order valence-corrected chi connectivity index (χ4v) is 3.26. The van der Waals surface area contributed by atoms with Crippen LogP contribution in [0.25, 0.3) is 0 Å². The highest BCUT2D eigenvalue weighted by molar-refractivity contribution is 5.83. The molecule has 0 saturated heterocycles. The lowest BCUT2D eigenvalue weighted by Crippen LogP contribution is -2.50. The first-order valence-electron chi connectivity index (χ1n) is 8.00. The minimum Gasteiger partial charge on any atom is -0.353 e. The zero-order valence-electron chi connectivity index (χ0n) is 13.2. The van der Waals surface area contributed by atoms with Crippen molar-refractivity contribution >= 4 is 5.91 Å². The molecule has 3 N–H and O–H groups in total. The van der Waals surface area contributed by atoms with Gasteiger partial charge in [-0.2, -0.15) is 0 Å². The van der Waals surface area contributed by atoms with Gasteiger partial charge in [-0.05, 0) is 37.5 Å². The van der Waals surface area contributed by atoms with Crippen molar-refractivity contribution < 1.29 is 4.79 Å². The molecule has 0 aromatic heterocycles. The largest absolute Gasteiger partial charge is 0.353 e. The highest BCUT2D eigenvalue weighted by Gasteiger charge is 2.35. The van der Waals surface area contributed by atoms with Crippen molar-refractivity contribution in [2.24, 2.45) is 23.0 Å². The summed E-state index contributed by atoms with van der Waals surface area (Å²) in [6, 6.07) is 0.359. The monoisotopic (exact) mass is 268 g/mol. The highest BCUT2D eigenvalue weighted by atomic mass is 16.2. The van der Waals surface area contributed by atoms with Gasteiger partial charge in [0.15, 0.2) is 0 Å². The molecule has 2 unspecified atom stereocenters. The Labute approximate surface area is 118 Å². The Morgan fingerprint density at radius 1 is 1.32 bits per heavy atom. The SMILES string of the molecule is CCC(CC)(CN)C(=O)NC1CCCC(C(C)C)C1. The van der Waals surface area contributed by atoms with Gasteiger partial charge in [0.2, 0.25) is 5.91 Å². The summed E-state index contributed by atoms with van der Waals surface area (Å²) in [5.74, 6) is 1.65. The molecule has 3 nitrogen and oxygen atoms in total. The van der Waals surface area contributed by atoms with E-state index in [1.165, 1.54) is 12.8 Å². The number of carbonyl (C=O) groups excluding carboxylic acids is 1. The van der Waals surface area contributed by atoms with E-state index in [9.17, 15) is 4.79 Å². The van der Waals surface area contributed by atoms with Crippen LogP contribution in [0.3, 0.4) is 0 Å². The normalized spacial score (nSPS) is 24.5. The summed E-state index contributed by atoms with van der Waals surface area (Å²) < 4.78 is 0. The van der Waals surface area contributed by atoms with Gasteiger partial charge >= 0.3 is 0 Å². The van der Waals surface area contributed by atoms with Gasteiger partial charge in [-0.25, -0.2) is 0 Å². The van der Waals surface area contributed by atoms with E-state index in [1.54, 1.807) is 0 Å². The summed E-state index contributed by atoms with van der Waals surface area (Å²) in [7, 11) is 0. The predicted octanol–water partition coefficient (Wildman–Crippen LogP) is 3.08. The number of nitrogens with one attached hydrogen (secondary N) is 1. The fraction of sp³-hybridized carbons (Fsp3) is 0.938. The third kappa shape index (κ3) is 3.95. The second-order valence-electron chi connectivity index (χ2n) is 6.53. The van der Waals surface area contributed by atoms with Crippen molar-refractivity contribution in [3.05, 3.63) is 0 Å². The molecule has 1 saturated carbocycles. The number of hydrogen-bond donors (Lipinski definition) is 2. The van der Waals surface area contributed by atoms with Crippen LogP contribution in [0.5, 0.6) is 0 Å². The molecule has 1 rings (SSSR count).